The molecule has 0 unspecified atom stereocenters. The quantitative estimate of drug-likeness (QED) is 0.132. The number of rotatable bonds is 15. The first kappa shape index (κ1) is 28.0. The minimum atomic E-state index is -1.22. The molecule has 0 fully saturated rings. The number of carbonyl (C=O) groups excluding carboxylic acids is 1. The van der Waals surface area contributed by atoms with Crippen LogP contribution in [-0.2, 0) is 9.47 Å². The lowest BCUT2D eigenvalue weighted by Gasteiger charge is -2.19. The zero-order chi connectivity index (χ0) is 23.7. The number of phenols is 1. The third-order valence-corrected chi connectivity index (χ3v) is 8.27. The van der Waals surface area contributed by atoms with E-state index < -0.39 is 16.1 Å². The Kier molecular flexibility index (Phi) is 11.6. The lowest BCUT2D eigenvalue weighted by molar-refractivity contribution is 0.0174. The molecule has 0 spiro atoms. The minimum Gasteiger partial charge on any atom is -0.507 e. The Labute approximate surface area is 194 Å². The van der Waals surface area contributed by atoms with Crippen LogP contribution >= 0.6 is 11.6 Å². The van der Waals surface area contributed by atoms with Gasteiger partial charge in [0.15, 0.2) is 25.1 Å². The van der Waals surface area contributed by atoms with Gasteiger partial charge in [-0.2, -0.15) is 0 Å². The molecule has 9 heteroatoms. The van der Waals surface area contributed by atoms with Gasteiger partial charge in [-0.05, 0) is 18.5 Å². The van der Waals surface area contributed by atoms with Gasteiger partial charge in [-0.1, -0.05) is 57.8 Å². The summed E-state index contributed by atoms with van der Waals surface area (Å²) in [6, 6.07) is 3.35. The molecule has 1 aromatic rings. The van der Waals surface area contributed by atoms with Gasteiger partial charge in [-0.15, -0.1) is 0 Å². The minimum absolute atomic E-state index is 0.00194. The van der Waals surface area contributed by atoms with Crippen molar-refractivity contribution < 1.29 is 28.8 Å². The third kappa shape index (κ3) is 10.9. The SMILES string of the molecule is CCCC(=O)c1c(O)cc(OCOCC[Si](C)(C)C)c(Cl)c1OCOCC[Si](C)(C)C. The van der Waals surface area contributed by atoms with E-state index in [-0.39, 0.29) is 53.6 Å². The van der Waals surface area contributed by atoms with E-state index in [1.54, 1.807) is 0 Å². The van der Waals surface area contributed by atoms with E-state index in [2.05, 4.69) is 39.3 Å². The predicted octanol–water partition coefficient (Wildman–Crippen LogP) is 6.41. The standard InChI is InChI=1S/C22H39ClO6Si2/c1-8-9-17(24)20-18(25)14-19(28-15-26-10-12-30(2,3)4)21(23)22(20)29-16-27-11-13-31(5,6)7/h14,25H,8-13,15-16H2,1-7H3. The topological polar surface area (TPSA) is 74.2 Å². The van der Waals surface area contributed by atoms with Crippen molar-refractivity contribution in [3.63, 3.8) is 0 Å². The fourth-order valence-corrected chi connectivity index (χ4v) is 4.31. The Balaban J connectivity index is 2.90. The van der Waals surface area contributed by atoms with E-state index in [0.717, 1.165) is 12.1 Å². The van der Waals surface area contributed by atoms with Crippen molar-refractivity contribution in [2.75, 3.05) is 26.8 Å². The van der Waals surface area contributed by atoms with Crippen molar-refractivity contribution in [1.29, 1.82) is 0 Å². The van der Waals surface area contributed by atoms with Crippen LogP contribution in [0.3, 0.4) is 0 Å². The van der Waals surface area contributed by atoms with Gasteiger partial charge < -0.3 is 24.1 Å². The summed E-state index contributed by atoms with van der Waals surface area (Å²) in [5.41, 5.74) is 0.0626. The number of ketones is 1. The van der Waals surface area contributed by atoms with Gasteiger partial charge in [0.25, 0.3) is 0 Å². The molecule has 0 aliphatic heterocycles. The molecule has 0 amide bonds. The van der Waals surface area contributed by atoms with Gasteiger partial charge in [-0.25, -0.2) is 0 Å². The number of aromatic hydroxyl groups is 1. The van der Waals surface area contributed by atoms with Gasteiger partial charge in [0.1, 0.15) is 22.1 Å². The maximum Gasteiger partial charge on any atom is 0.189 e. The highest BCUT2D eigenvalue weighted by molar-refractivity contribution is 6.76. The molecule has 6 nitrogen and oxygen atoms in total. The first-order chi connectivity index (χ1) is 14.4. The normalized spacial score (nSPS) is 12.1. The largest absolute Gasteiger partial charge is 0.507 e. The first-order valence-electron chi connectivity index (χ1n) is 10.9. The Hall–Kier alpha value is -1.07. The Bertz CT molecular complexity index is 713. The summed E-state index contributed by atoms with van der Waals surface area (Å²) < 4.78 is 22.5. The lowest BCUT2D eigenvalue weighted by Crippen LogP contribution is -2.22. The van der Waals surface area contributed by atoms with Crippen LogP contribution in [0, 0.1) is 0 Å². The zero-order valence-electron chi connectivity index (χ0n) is 20.1. The van der Waals surface area contributed by atoms with Crippen LogP contribution in [0.25, 0.3) is 0 Å². The van der Waals surface area contributed by atoms with Gasteiger partial charge in [0, 0.05) is 41.8 Å². The fourth-order valence-electron chi connectivity index (χ4n) is 2.54. The summed E-state index contributed by atoms with van der Waals surface area (Å²) >= 11 is 6.49. The van der Waals surface area contributed by atoms with Crippen LogP contribution in [0.15, 0.2) is 6.07 Å². The van der Waals surface area contributed by atoms with Crippen LogP contribution in [-0.4, -0.2) is 53.8 Å². The van der Waals surface area contributed by atoms with Crippen molar-refractivity contribution in [2.24, 2.45) is 0 Å². The Morgan fingerprint density at radius 2 is 1.48 bits per heavy atom. The zero-order valence-corrected chi connectivity index (χ0v) is 22.9. The van der Waals surface area contributed by atoms with E-state index in [1.807, 2.05) is 6.92 Å². The monoisotopic (exact) mass is 490 g/mol. The Morgan fingerprint density at radius 1 is 0.968 bits per heavy atom. The smallest absolute Gasteiger partial charge is 0.189 e. The predicted molar refractivity (Wildman–Crippen MR) is 132 cm³/mol. The van der Waals surface area contributed by atoms with E-state index in [9.17, 15) is 9.90 Å². The molecule has 0 radical (unpaired) electrons. The van der Waals surface area contributed by atoms with E-state index in [1.165, 1.54) is 6.07 Å². The molecule has 0 aliphatic carbocycles. The molecule has 1 aromatic carbocycles. The molecule has 0 aromatic heterocycles. The number of benzene rings is 1. The second-order valence-electron chi connectivity index (χ2n) is 10.0. The Morgan fingerprint density at radius 3 is 1.97 bits per heavy atom. The molecule has 1 N–H and O–H groups in total. The molecule has 0 saturated carbocycles. The highest BCUT2D eigenvalue weighted by atomic mass is 35.5. The number of ether oxygens (including phenoxy) is 4. The van der Waals surface area contributed by atoms with E-state index >= 15 is 0 Å². The molecule has 1 rings (SSSR count). The van der Waals surface area contributed by atoms with Crippen molar-refractivity contribution in [2.45, 2.75) is 71.1 Å². The summed E-state index contributed by atoms with van der Waals surface area (Å²) in [7, 11) is -2.41. The van der Waals surface area contributed by atoms with Crippen LogP contribution in [0.2, 0.25) is 56.4 Å². The maximum absolute atomic E-state index is 12.6. The second-order valence-corrected chi connectivity index (χ2v) is 21.7. The summed E-state index contributed by atoms with van der Waals surface area (Å²) in [5.74, 6) is -0.170. The van der Waals surface area contributed by atoms with Crippen LogP contribution in [0.1, 0.15) is 30.1 Å². The van der Waals surface area contributed by atoms with Gasteiger partial charge in [0.2, 0.25) is 0 Å². The molecule has 178 valence electrons. The summed E-state index contributed by atoms with van der Waals surface area (Å²) in [6.07, 6.45) is 0.919. The molecule has 0 saturated heterocycles. The number of halogens is 1. The molecule has 0 atom stereocenters. The maximum atomic E-state index is 12.6. The summed E-state index contributed by atoms with van der Waals surface area (Å²) in [5, 5.41) is 10.6. The second kappa shape index (κ2) is 12.8. The summed E-state index contributed by atoms with van der Waals surface area (Å²) in [4.78, 5) is 12.6. The molecule has 31 heavy (non-hydrogen) atoms. The van der Waals surface area contributed by atoms with E-state index in [0.29, 0.717) is 19.6 Å². The number of phenolic OH excluding ortho intramolecular Hbond substituents is 1. The first-order valence-corrected chi connectivity index (χ1v) is 18.6. The van der Waals surface area contributed by atoms with Crippen molar-refractivity contribution in [3.05, 3.63) is 16.7 Å². The number of carbonyl (C=O) groups is 1. The van der Waals surface area contributed by atoms with E-state index in [4.69, 9.17) is 30.5 Å². The average Bonchev–Trinajstić information content (AvgIpc) is 2.62. The van der Waals surface area contributed by atoms with Crippen molar-refractivity contribution >= 4 is 33.5 Å². The van der Waals surface area contributed by atoms with Gasteiger partial charge in [0.05, 0.1) is 0 Å². The summed E-state index contributed by atoms with van der Waals surface area (Å²) in [6.45, 7) is 16.6. The van der Waals surface area contributed by atoms with Crippen molar-refractivity contribution in [1.82, 2.24) is 0 Å². The highest BCUT2D eigenvalue weighted by Gasteiger charge is 2.24. The van der Waals surface area contributed by atoms with Gasteiger partial charge >= 0.3 is 0 Å². The third-order valence-electron chi connectivity index (χ3n) is 4.50. The fraction of sp³-hybridized carbons (Fsp3) is 0.682. The number of hydrogen-bond acceptors (Lipinski definition) is 6. The van der Waals surface area contributed by atoms with Crippen LogP contribution in [0.4, 0.5) is 0 Å². The van der Waals surface area contributed by atoms with Gasteiger partial charge in [-0.3, -0.25) is 4.79 Å². The van der Waals surface area contributed by atoms with Crippen molar-refractivity contribution in [3.8, 4) is 17.2 Å². The molecular formula is C22H39ClO6Si2. The molecule has 0 heterocycles. The average molecular weight is 491 g/mol. The molecular weight excluding hydrogens is 452 g/mol. The molecule has 0 aliphatic rings. The number of Topliss-reactive ketones (excluding diaryl/α,β-unsaturated/α-hetero) is 1. The highest BCUT2D eigenvalue weighted by Crippen LogP contribution is 2.43. The van der Waals surface area contributed by atoms with Crippen LogP contribution < -0.4 is 9.47 Å². The lowest BCUT2D eigenvalue weighted by atomic mass is 10.0. The number of hydrogen-bond donors (Lipinski definition) is 1. The molecule has 0 bridgehead atoms. The van der Waals surface area contributed by atoms with Crippen LogP contribution in [0.5, 0.6) is 17.2 Å².